The van der Waals surface area contributed by atoms with Crippen LogP contribution in [0.3, 0.4) is 0 Å². The molecule has 2 rings (SSSR count). The molecule has 1 unspecified atom stereocenters. The molecule has 1 aliphatic rings. The lowest BCUT2D eigenvalue weighted by Gasteiger charge is -2.24. The van der Waals surface area contributed by atoms with Gasteiger partial charge in [0.1, 0.15) is 0 Å². The van der Waals surface area contributed by atoms with Gasteiger partial charge in [-0.3, -0.25) is 0 Å². The maximum Gasteiger partial charge on any atom is 0.0516 e. The molecule has 0 bridgehead atoms. The van der Waals surface area contributed by atoms with Crippen LogP contribution < -0.4 is 16.0 Å². The predicted octanol–water partition coefficient (Wildman–Crippen LogP) is 1.76. The van der Waals surface area contributed by atoms with E-state index in [0.29, 0.717) is 12.1 Å². The first kappa shape index (κ1) is 10.3. The maximum absolute atomic E-state index is 5.83. The zero-order valence-electron chi connectivity index (χ0n) is 9.62. The third-order valence-electron chi connectivity index (χ3n) is 3.09. The molecule has 0 amide bonds. The van der Waals surface area contributed by atoms with Gasteiger partial charge < -0.3 is 16.0 Å². The molecular weight excluding hydrogens is 186 g/mol. The minimum absolute atomic E-state index is 0.433. The number of rotatable bonds is 2. The molecule has 1 aliphatic heterocycles. The second-order valence-electron chi connectivity index (χ2n) is 4.41. The summed E-state index contributed by atoms with van der Waals surface area (Å²) in [5.74, 6) is 0. The molecule has 0 aliphatic carbocycles. The van der Waals surface area contributed by atoms with Gasteiger partial charge >= 0.3 is 0 Å². The molecule has 0 saturated carbocycles. The lowest BCUT2D eigenvalue weighted by atomic mass is 10.1. The molecule has 0 fully saturated rings. The molecule has 82 valence electrons. The van der Waals surface area contributed by atoms with Gasteiger partial charge in [0.15, 0.2) is 0 Å². The highest BCUT2D eigenvalue weighted by Gasteiger charge is 2.28. The topological polar surface area (TPSA) is 41.3 Å². The molecule has 1 atom stereocenters. The van der Waals surface area contributed by atoms with E-state index in [9.17, 15) is 0 Å². The predicted molar refractivity (Wildman–Crippen MR) is 65.1 cm³/mol. The first-order valence-electron chi connectivity index (χ1n) is 5.47. The molecule has 3 N–H and O–H groups in total. The van der Waals surface area contributed by atoms with Gasteiger partial charge in [0.25, 0.3) is 0 Å². The van der Waals surface area contributed by atoms with Crippen LogP contribution in [-0.2, 0) is 0 Å². The van der Waals surface area contributed by atoms with E-state index in [1.165, 1.54) is 11.3 Å². The van der Waals surface area contributed by atoms with Crippen molar-refractivity contribution in [3.63, 3.8) is 0 Å². The van der Waals surface area contributed by atoms with Crippen LogP contribution in [0.1, 0.15) is 25.5 Å². The Kier molecular flexibility index (Phi) is 2.57. The summed E-state index contributed by atoms with van der Waals surface area (Å²) >= 11 is 0. The van der Waals surface area contributed by atoms with Gasteiger partial charge in [0.2, 0.25) is 0 Å². The van der Waals surface area contributed by atoms with Gasteiger partial charge in [-0.15, -0.1) is 0 Å². The van der Waals surface area contributed by atoms with E-state index in [0.717, 1.165) is 12.2 Å². The Bertz CT molecular complexity index is 360. The summed E-state index contributed by atoms with van der Waals surface area (Å²) in [5, 5.41) is 3.34. The van der Waals surface area contributed by atoms with E-state index in [-0.39, 0.29) is 0 Å². The summed E-state index contributed by atoms with van der Waals surface area (Å²) < 4.78 is 0. The average Bonchev–Trinajstić information content (AvgIpc) is 2.55. The molecule has 3 heteroatoms. The summed E-state index contributed by atoms with van der Waals surface area (Å²) in [6, 6.07) is 7.14. The van der Waals surface area contributed by atoms with Crippen molar-refractivity contribution in [3.8, 4) is 0 Å². The normalized spacial score (nSPS) is 19.7. The van der Waals surface area contributed by atoms with Crippen molar-refractivity contribution in [1.82, 2.24) is 5.32 Å². The molecule has 1 aromatic carbocycles. The molecule has 0 saturated heterocycles. The molecule has 0 spiro atoms. The van der Waals surface area contributed by atoms with Crippen LogP contribution in [0.2, 0.25) is 0 Å². The highest BCUT2D eigenvalue weighted by Crippen LogP contribution is 2.36. The van der Waals surface area contributed by atoms with Gasteiger partial charge in [-0.05, 0) is 38.6 Å². The van der Waals surface area contributed by atoms with Gasteiger partial charge in [-0.1, -0.05) is 6.07 Å². The molecule has 0 aromatic heterocycles. The molecule has 1 aromatic rings. The van der Waals surface area contributed by atoms with Crippen molar-refractivity contribution < 1.29 is 0 Å². The summed E-state index contributed by atoms with van der Waals surface area (Å²) in [4.78, 5) is 2.40. The van der Waals surface area contributed by atoms with E-state index in [1.807, 2.05) is 13.1 Å². The van der Waals surface area contributed by atoms with Crippen molar-refractivity contribution in [2.24, 2.45) is 0 Å². The number of nitrogens with zero attached hydrogens (tertiary/aromatic N) is 1. The zero-order chi connectivity index (χ0) is 11.0. The van der Waals surface area contributed by atoms with Gasteiger partial charge in [-0.25, -0.2) is 0 Å². The Morgan fingerprint density at radius 3 is 2.80 bits per heavy atom. The van der Waals surface area contributed by atoms with Gasteiger partial charge in [0, 0.05) is 24.0 Å². The first-order chi connectivity index (χ1) is 7.13. The second kappa shape index (κ2) is 3.74. The average molecular weight is 205 g/mol. The van der Waals surface area contributed by atoms with Gasteiger partial charge in [0.05, 0.1) is 6.04 Å². The first-order valence-corrected chi connectivity index (χ1v) is 5.47. The number of benzene rings is 1. The van der Waals surface area contributed by atoms with Crippen LogP contribution in [0.5, 0.6) is 0 Å². The molecule has 0 radical (unpaired) electrons. The molecule has 1 heterocycles. The Hall–Kier alpha value is -1.22. The molecular formula is C12H19N3. The smallest absolute Gasteiger partial charge is 0.0516 e. The fourth-order valence-electron chi connectivity index (χ4n) is 2.23. The van der Waals surface area contributed by atoms with Crippen LogP contribution >= 0.6 is 0 Å². The number of nitrogens with one attached hydrogen (secondary N) is 1. The Morgan fingerprint density at radius 2 is 2.20 bits per heavy atom. The Labute approximate surface area is 91.3 Å². The molecule has 3 nitrogen and oxygen atoms in total. The number of nitrogens with two attached hydrogens (primary N) is 1. The van der Waals surface area contributed by atoms with Crippen molar-refractivity contribution in [2.75, 3.05) is 24.2 Å². The van der Waals surface area contributed by atoms with E-state index in [1.54, 1.807) is 0 Å². The summed E-state index contributed by atoms with van der Waals surface area (Å²) in [6.07, 6.45) is 0. The second-order valence-corrected chi connectivity index (χ2v) is 4.41. The Morgan fingerprint density at radius 1 is 1.47 bits per heavy atom. The van der Waals surface area contributed by atoms with E-state index >= 15 is 0 Å². The zero-order valence-corrected chi connectivity index (χ0v) is 9.62. The van der Waals surface area contributed by atoms with Crippen molar-refractivity contribution in [1.29, 1.82) is 0 Å². The minimum Gasteiger partial charge on any atom is -0.399 e. The molecule has 15 heavy (non-hydrogen) atoms. The summed E-state index contributed by atoms with van der Waals surface area (Å²) in [6.45, 7) is 5.46. The fourth-order valence-corrected chi connectivity index (χ4v) is 2.23. The number of anilines is 2. The minimum atomic E-state index is 0.433. The fraction of sp³-hybridized carbons (Fsp3) is 0.500. The van der Waals surface area contributed by atoms with Crippen molar-refractivity contribution in [2.45, 2.75) is 25.9 Å². The van der Waals surface area contributed by atoms with E-state index < -0.39 is 0 Å². The number of nitrogen functional groups attached to an aromatic ring is 1. The van der Waals surface area contributed by atoms with Crippen LogP contribution in [0.25, 0.3) is 0 Å². The van der Waals surface area contributed by atoms with E-state index in [4.69, 9.17) is 5.73 Å². The standard InChI is InChI=1S/C12H19N3/c1-8(2)15-7-11(14-3)10-5-4-9(13)6-12(10)15/h4-6,8,11,14H,7,13H2,1-3H3. The number of hydrogen-bond acceptors (Lipinski definition) is 3. The number of hydrogen-bond donors (Lipinski definition) is 2. The lowest BCUT2D eigenvalue weighted by molar-refractivity contribution is 0.586. The van der Waals surface area contributed by atoms with Crippen LogP contribution in [0.4, 0.5) is 11.4 Å². The third kappa shape index (κ3) is 1.67. The quantitative estimate of drug-likeness (QED) is 0.723. The van der Waals surface area contributed by atoms with Gasteiger partial charge in [-0.2, -0.15) is 0 Å². The Balaban J connectivity index is 2.43. The third-order valence-corrected chi connectivity index (χ3v) is 3.09. The van der Waals surface area contributed by atoms with E-state index in [2.05, 4.69) is 36.2 Å². The highest BCUT2D eigenvalue weighted by atomic mass is 15.2. The largest absolute Gasteiger partial charge is 0.399 e. The number of likely N-dealkylation sites (N-methyl/N-ethyl adjacent to an activating group) is 1. The van der Waals surface area contributed by atoms with Crippen molar-refractivity contribution >= 4 is 11.4 Å². The van der Waals surface area contributed by atoms with Crippen LogP contribution in [0.15, 0.2) is 18.2 Å². The monoisotopic (exact) mass is 205 g/mol. The van der Waals surface area contributed by atoms with Crippen molar-refractivity contribution in [3.05, 3.63) is 23.8 Å². The maximum atomic E-state index is 5.83. The SMILES string of the molecule is CNC1CN(C(C)C)c2cc(N)ccc21. The lowest BCUT2D eigenvalue weighted by Crippen LogP contribution is -2.31. The van der Waals surface area contributed by atoms with Crippen LogP contribution in [-0.4, -0.2) is 19.6 Å². The van der Waals surface area contributed by atoms with Crippen LogP contribution in [0, 0.1) is 0 Å². The number of fused-ring (bicyclic) bond motifs is 1. The highest BCUT2D eigenvalue weighted by molar-refractivity contribution is 5.66. The summed E-state index contributed by atoms with van der Waals surface area (Å²) in [7, 11) is 2.01. The summed E-state index contributed by atoms with van der Waals surface area (Å²) in [5.41, 5.74) is 9.32.